The zero-order valence-corrected chi connectivity index (χ0v) is 10.5. The number of hydrogen-bond acceptors (Lipinski definition) is 2. The average molecular weight is 284 g/mol. The topological polar surface area (TPSA) is 38.3 Å². The quantitative estimate of drug-likeness (QED) is 0.925. The van der Waals surface area contributed by atoms with Crippen LogP contribution in [0.25, 0.3) is 0 Å². The van der Waals surface area contributed by atoms with Crippen molar-refractivity contribution in [3.05, 3.63) is 34.3 Å². The van der Waals surface area contributed by atoms with Gasteiger partial charge in [-0.3, -0.25) is 4.79 Å². The Morgan fingerprint density at radius 3 is 3.00 bits per heavy atom. The number of hydrogen-bond donors (Lipinski definition) is 1. The van der Waals surface area contributed by atoms with Crippen LogP contribution < -0.4 is 5.32 Å². The van der Waals surface area contributed by atoms with Crippen LogP contribution in [0.4, 0.5) is 0 Å². The molecule has 0 radical (unpaired) electrons. The highest BCUT2D eigenvalue weighted by molar-refractivity contribution is 9.10. The van der Waals surface area contributed by atoms with E-state index in [0.717, 1.165) is 23.9 Å². The summed E-state index contributed by atoms with van der Waals surface area (Å²) in [7, 11) is 0. The maximum Gasteiger partial charge on any atom is 0.252 e. The molecule has 2 rings (SSSR count). The third kappa shape index (κ3) is 2.83. The SMILES string of the molecule is O=C(NC[C@H]1CCCO1)c1ccccc1Br. The second kappa shape index (κ2) is 5.46. The van der Waals surface area contributed by atoms with Gasteiger partial charge in [-0.05, 0) is 40.9 Å². The summed E-state index contributed by atoms with van der Waals surface area (Å²) < 4.78 is 6.26. The van der Waals surface area contributed by atoms with Crippen molar-refractivity contribution < 1.29 is 9.53 Å². The van der Waals surface area contributed by atoms with Crippen LogP contribution in [0, 0.1) is 0 Å². The van der Waals surface area contributed by atoms with Crippen molar-refractivity contribution in [1.82, 2.24) is 5.32 Å². The van der Waals surface area contributed by atoms with Crippen LogP contribution in [0.15, 0.2) is 28.7 Å². The minimum atomic E-state index is -0.0528. The van der Waals surface area contributed by atoms with Crippen molar-refractivity contribution in [2.45, 2.75) is 18.9 Å². The lowest BCUT2D eigenvalue weighted by atomic mass is 10.2. The summed E-state index contributed by atoms with van der Waals surface area (Å²) in [6.07, 6.45) is 2.32. The number of ether oxygens (including phenoxy) is 1. The highest BCUT2D eigenvalue weighted by atomic mass is 79.9. The molecule has 0 aromatic heterocycles. The van der Waals surface area contributed by atoms with Gasteiger partial charge in [0.05, 0.1) is 11.7 Å². The number of rotatable bonds is 3. The normalized spacial score (nSPS) is 19.7. The van der Waals surface area contributed by atoms with Crippen molar-refractivity contribution in [1.29, 1.82) is 0 Å². The fraction of sp³-hybridized carbons (Fsp3) is 0.417. The predicted molar refractivity (Wildman–Crippen MR) is 65.4 cm³/mol. The monoisotopic (exact) mass is 283 g/mol. The molecule has 0 saturated carbocycles. The van der Waals surface area contributed by atoms with Gasteiger partial charge in [-0.2, -0.15) is 0 Å². The minimum Gasteiger partial charge on any atom is -0.376 e. The van der Waals surface area contributed by atoms with Crippen molar-refractivity contribution in [3.63, 3.8) is 0 Å². The first-order valence-electron chi connectivity index (χ1n) is 5.41. The molecule has 0 unspecified atom stereocenters. The maximum absolute atomic E-state index is 11.8. The molecule has 1 aliphatic heterocycles. The van der Waals surface area contributed by atoms with Crippen molar-refractivity contribution >= 4 is 21.8 Å². The van der Waals surface area contributed by atoms with Crippen molar-refractivity contribution in [3.8, 4) is 0 Å². The van der Waals surface area contributed by atoms with Gasteiger partial charge < -0.3 is 10.1 Å². The number of carbonyl (C=O) groups is 1. The van der Waals surface area contributed by atoms with E-state index in [0.29, 0.717) is 12.1 Å². The van der Waals surface area contributed by atoms with Gasteiger partial charge in [0, 0.05) is 17.6 Å². The molecule has 1 amide bonds. The minimum absolute atomic E-state index is 0.0528. The number of carbonyl (C=O) groups excluding carboxylic acids is 1. The first kappa shape index (κ1) is 11.6. The molecule has 1 atom stereocenters. The van der Waals surface area contributed by atoms with Crippen LogP contribution in [-0.4, -0.2) is 25.2 Å². The Bertz CT molecular complexity index is 375. The predicted octanol–water partition coefficient (Wildman–Crippen LogP) is 2.36. The fourth-order valence-corrected chi connectivity index (χ4v) is 2.22. The van der Waals surface area contributed by atoms with Gasteiger partial charge in [0.15, 0.2) is 0 Å². The van der Waals surface area contributed by atoms with E-state index in [9.17, 15) is 4.79 Å². The Morgan fingerprint density at radius 1 is 1.50 bits per heavy atom. The summed E-state index contributed by atoms with van der Waals surface area (Å²) in [5, 5.41) is 2.89. The van der Waals surface area contributed by atoms with E-state index < -0.39 is 0 Å². The number of nitrogens with one attached hydrogen (secondary N) is 1. The standard InChI is InChI=1S/C12H14BrNO2/c13-11-6-2-1-5-10(11)12(15)14-8-9-4-3-7-16-9/h1-2,5-6,9H,3-4,7-8H2,(H,14,15)/t9-/m1/s1. The van der Waals surface area contributed by atoms with Crippen molar-refractivity contribution in [2.24, 2.45) is 0 Å². The van der Waals surface area contributed by atoms with Gasteiger partial charge in [-0.15, -0.1) is 0 Å². The molecular formula is C12H14BrNO2. The zero-order valence-electron chi connectivity index (χ0n) is 8.91. The first-order chi connectivity index (χ1) is 7.77. The molecule has 0 aliphatic carbocycles. The van der Waals surface area contributed by atoms with E-state index in [-0.39, 0.29) is 12.0 Å². The Balaban J connectivity index is 1.90. The molecule has 1 N–H and O–H groups in total. The largest absolute Gasteiger partial charge is 0.376 e. The fourth-order valence-electron chi connectivity index (χ4n) is 1.75. The van der Waals surface area contributed by atoms with E-state index in [1.165, 1.54) is 0 Å². The highest BCUT2D eigenvalue weighted by Gasteiger charge is 2.17. The molecule has 1 fully saturated rings. The van der Waals surface area contributed by atoms with Gasteiger partial charge in [0.1, 0.15) is 0 Å². The Labute approximate surface area is 103 Å². The molecule has 1 aliphatic rings. The number of halogens is 1. The number of benzene rings is 1. The number of amides is 1. The lowest BCUT2D eigenvalue weighted by Gasteiger charge is -2.11. The summed E-state index contributed by atoms with van der Waals surface area (Å²) in [5.74, 6) is -0.0528. The first-order valence-corrected chi connectivity index (χ1v) is 6.21. The maximum atomic E-state index is 11.8. The second-order valence-corrected chi connectivity index (χ2v) is 4.68. The van der Waals surface area contributed by atoms with Gasteiger partial charge in [0.25, 0.3) is 5.91 Å². The summed E-state index contributed by atoms with van der Waals surface area (Å²) in [6, 6.07) is 7.41. The van der Waals surface area contributed by atoms with Gasteiger partial charge in [0.2, 0.25) is 0 Å². The summed E-state index contributed by atoms with van der Waals surface area (Å²) >= 11 is 3.36. The van der Waals surface area contributed by atoms with Crippen LogP contribution in [-0.2, 0) is 4.74 Å². The Hall–Kier alpha value is -0.870. The van der Waals surface area contributed by atoms with E-state index in [1.807, 2.05) is 18.2 Å². The van der Waals surface area contributed by atoms with E-state index in [2.05, 4.69) is 21.2 Å². The second-order valence-electron chi connectivity index (χ2n) is 3.82. The van der Waals surface area contributed by atoms with Crippen LogP contribution in [0.3, 0.4) is 0 Å². The van der Waals surface area contributed by atoms with Crippen LogP contribution in [0.5, 0.6) is 0 Å². The summed E-state index contributed by atoms with van der Waals surface area (Å²) in [4.78, 5) is 11.8. The van der Waals surface area contributed by atoms with Gasteiger partial charge in [-0.1, -0.05) is 12.1 Å². The summed E-state index contributed by atoms with van der Waals surface area (Å²) in [5.41, 5.74) is 0.667. The molecule has 1 aromatic carbocycles. The smallest absolute Gasteiger partial charge is 0.252 e. The Morgan fingerprint density at radius 2 is 2.31 bits per heavy atom. The van der Waals surface area contributed by atoms with Crippen LogP contribution >= 0.6 is 15.9 Å². The molecular weight excluding hydrogens is 270 g/mol. The van der Waals surface area contributed by atoms with Crippen LogP contribution in [0.1, 0.15) is 23.2 Å². The third-order valence-electron chi connectivity index (χ3n) is 2.63. The van der Waals surface area contributed by atoms with E-state index in [1.54, 1.807) is 6.07 Å². The molecule has 16 heavy (non-hydrogen) atoms. The van der Waals surface area contributed by atoms with Crippen LogP contribution in [0.2, 0.25) is 0 Å². The molecule has 1 aromatic rings. The van der Waals surface area contributed by atoms with Gasteiger partial charge in [-0.25, -0.2) is 0 Å². The molecule has 3 nitrogen and oxygen atoms in total. The summed E-state index contributed by atoms with van der Waals surface area (Å²) in [6.45, 7) is 1.41. The molecule has 0 spiro atoms. The third-order valence-corrected chi connectivity index (χ3v) is 3.32. The van der Waals surface area contributed by atoms with Crippen molar-refractivity contribution in [2.75, 3.05) is 13.2 Å². The zero-order chi connectivity index (χ0) is 11.4. The molecule has 1 saturated heterocycles. The van der Waals surface area contributed by atoms with E-state index in [4.69, 9.17) is 4.74 Å². The highest BCUT2D eigenvalue weighted by Crippen LogP contribution is 2.16. The lowest BCUT2D eigenvalue weighted by molar-refractivity contribution is 0.0857. The van der Waals surface area contributed by atoms with Gasteiger partial charge >= 0.3 is 0 Å². The average Bonchev–Trinajstić information content (AvgIpc) is 2.79. The molecule has 1 heterocycles. The molecule has 0 bridgehead atoms. The van der Waals surface area contributed by atoms with E-state index >= 15 is 0 Å². The Kier molecular flexibility index (Phi) is 3.96. The molecule has 86 valence electrons. The lowest BCUT2D eigenvalue weighted by Crippen LogP contribution is -2.31. The molecule has 4 heteroatoms.